The van der Waals surface area contributed by atoms with Crippen molar-refractivity contribution >= 4 is 23.5 Å². The largest absolute Gasteiger partial charge is 0.480 e. The smallest absolute Gasteiger partial charge is 0.326 e. The van der Waals surface area contributed by atoms with Crippen LogP contribution in [-0.2, 0) is 15.0 Å². The van der Waals surface area contributed by atoms with E-state index in [2.05, 4.69) is 5.32 Å². The Labute approximate surface area is 123 Å². The molecule has 2 N–H and O–H groups in total. The van der Waals surface area contributed by atoms with E-state index in [1.54, 1.807) is 12.1 Å². The van der Waals surface area contributed by atoms with E-state index in [1.807, 2.05) is 19.1 Å². The normalized spacial score (nSPS) is 17.3. The van der Waals surface area contributed by atoms with E-state index in [4.69, 9.17) is 16.7 Å². The second-order valence-corrected chi connectivity index (χ2v) is 5.68. The highest BCUT2D eigenvalue weighted by atomic mass is 35.5. The van der Waals surface area contributed by atoms with Crippen LogP contribution in [0.3, 0.4) is 0 Å². The van der Waals surface area contributed by atoms with Crippen molar-refractivity contribution in [3.05, 3.63) is 34.9 Å². The van der Waals surface area contributed by atoms with Gasteiger partial charge in [-0.2, -0.15) is 0 Å². The summed E-state index contributed by atoms with van der Waals surface area (Å²) in [5.74, 6) is -1.17. The third kappa shape index (κ3) is 2.96. The molecule has 0 unspecified atom stereocenters. The summed E-state index contributed by atoms with van der Waals surface area (Å²) in [6.07, 6.45) is 2.65. The first-order valence-corrected chi connectivity index (χ1v) is 7.17. The molecule has 0 aliphatic heterocycles. The molecule has 108 valence electrons. The van der Waals surface area contributed by atoms with Crippen LogP contribution in [-0.4, -0.2) is 23.0 Å². The van der Waals surface area contributed by atoms with E-state index in [0.29, 0.717) is 17.9 Å². The van der Waals surface area contributed by atoms with Gasteiger partial charge in [0.15, 0.2) is 0 Å². The van der Waals surface area contributed by atoms with Crippen LogP contribution in [0.2, 0.25) is 5.02 Å². The zero-order chi connectivity index (χ0) is 14.8. The van der Waals surface area contributed by atoms with Gasteiger partial charge in [-0.15, -0.1) is 0 Å². The number of halogens is 1. The quantitative estimate of drug-likeness (QED) is 0.848. The molecular formula is C15H18ClNO3. The molecule has 1 fully saturated rings. The minimum Gasteiger partial charge on any atom is -0.480 e. The summed E-state index contributed by atoms with van der Waals surface area (Å²) in [6.45, 7) is 1.90. The lowest BCUT2D eigenvalue weighted by atomic mass is 9.94. The number of carbonyl (C=O) groups excluding carboxylic acids is 1. The van der Waals surface area contributed by atoms with Gasteiger partial charge in [0.1, 0.15) is 6.04 Å². The van der Waals surface area contributed by atoms with Crippen LogP contribution in [0, 0.1) is 0 Å². The van der Waals surface area contributed by atoms with Crippen LogP contribution in [0.25, 0.3) is 0 Å². The summed E-state index contributed by atoms with van der Waals surface area (Å²) in [7, 11) is 0. The number of carbonyl (C=O) groups is 2. The highest BCUT2D eigenvalue weighted by Gasteiger charge is 2.51. The molecule has 1 aromatic carbocycles. The van der Waals surface area contributed by atoms with E-state index < -0.39 is 17.4 Å². The Morgan fingerprint density at radius 1 is 1.35 bits per heavy atom. The van der Waals surface area contributed by atoms with Crippen molar-refractivity contribution in [2.45, 2.75) is 44.1 Å². The third-order valence-electron chi connectivity index (χ3n) is 3.76. The molecule has 0 spiro atoms. The minimum atomic E-state index is -0.980. The maximum atomic E-state index is 12.4. The van der Waals surface area contributed by atoms with Crippen molar-refractivity contribution in [2.75, 3.05) is 0 Å². The van der Waals surface area contributed by atoms with E-state index in [1.165, 1.54) is 0 Å². The number of aliphatic carboxylic acids is 1. The molecule has 1 aliphatic carbocycles. The highest BCUT2D eigenvalue weighted by molar-refractivity contribution is 6.30. The number of amides is 1. The van der Waals surface area contributed by atoms with Crippen LogP contribution in [0.4, 0.5) is 0 Å². The summed E-state index contributed by atoms with van der Waals surface area (Å²) in [6, 6.07) is 6.38. The van der Waals surface area contributed by atoms with Gasteiger partial charge in [-0.25, -0.2) is 4.79 Å². The van der Waals surface area contributed by atoms with Crippen LogP contribution in [0.1, 0.15) is 38.2 Å². The molecule has 4 nitrogen and oxygen atoms in total. The molecule has 0 saturated heterocycles. The number of carboxylic acid groups (broad SMARTS) is 1. The van der Waals surface area contributed by atoms with Gasteiger partial charge >= 0.3 is 5.97 Å². The van der Waals surface area contributed by atoms with Gasteiger partial charge < -0.3 is 10.4 Å². The molecule has 1 aromatic rings. The topological polar surface area (TPSA) is 66.4 Å². The molecule has 0 radical (unpaired) electrons. The Kier molecular flexibility index (Phi) is 4.33. The lowest BCUT2D eigenvalue weighted by Gasteiger charge is -2.20. The molecule has 1 amide bonds. The van der Waals surface area contributed by atoms with Crippen molar-refractivity contribution in [1.29, 1.82) is 0 Å². The molecule has 0 bridgehead atoms. The van der Waals surface area contributed by atoms with Crippen molar-refractivity contribution in [3.63, 3.8) is 0 Å². The predicted molar refractivity (Wildman–Crippen MR) is 76.8 cm³/mol. The summed E-state index contributed by atoms with van der Waals surface area (Å²) < 4.78 is 0. The van der Waals surface area contributed by atoms with Crippen LogP contribution >= 0.6 is 11.6 Å². The van der Waals surface area contributed by atoms with Gasteiger partial charge in [-0.3, -0.25) is 4.79 Å². The fourth-order valence-corrected chi connectivity index (χ4v) is 2.51. The Balaban J connectivity index is 2.12. The second-order valence-electron chi connectivity index (χ2n) is 5.24. The Bertz CT molecular complexity index is 508. The SMILES string of the molecule is CCC[C@@H](NC(=O)C1(c2ccc(Cl)cc2)CC1)C(=O)O. The Morgan fingerprint density at radius 2 is 1.95 bits per heavy atom. The minimum absolute atomic E-state index is 0.194. The van der Waals surface area contributed by atoms with E-state index >= 15 is 0 Å². The van der Waals surface area contributed by atoms with Crippen molar-refractivity contribution < 1.29 is 14.7 Å². The number of rotatable bonds is 6. The first-order valence-electron chi connectivity index (χ1n) is 6.79. The van der Waals surface area contributed by atoms with Crippen molar-refractivity contribution in [2.24, 2.45) is 0 Å². The first kappa shape index (κ1) is 14.9. The first-order chi connectivity index (χ1) is 9.49. The van der Waals surface area contributed by atoms with Gasteiger partial charge in [-0.1, -0.05) is 37.1 Å². The maximum absolute atomic E-state index is 12.4. The Morgan fingerprint density at radius 3 is 2.40 bits per heavy atom. The molecule has 1 saturated carbocycles. The molecule has 20 heavy (non-hydrogen) atoms. The third-order valence-corrected chi connectivity index (χ3v) is 4.01. The fourth-order valence-electron chi connectivity index (χ4n) is 2.38. The monoisotopic (exact) mass is 295 g/mol. The standard InChI is InChI=1S/C15H18ClNO3/c1-2-3-12(13(18)19)17-14(20)15(8-9-15)10-4-6-11(16)7-5-10/h4-7,12H,2-3,8-9H2,1H3,(H,17,20)(H,18,19)/t12-/m1/s1. The zero-order valence-corrected chi connectivity index (χ0v) is 12.1. The molecule has 0 aromatic heterocycles. The van der Waals surface area contributed by atoms with Crippen molar-refractivity contribution in [3.8, 4) is 0 Å². The lowest BCUT2D eigenvalue weighted by Crippen LogP contribution is -2.45. The fraction of sp³-hybridized carbons (Fsp3) is 0.467. The summed E-state index contributed by atoms with van der Waals surface area (Å²) in [5, 5.41) is 12.4. The molecule has 1 aliphatic rings. The molecule has 0 heterocycles. The van der Waals surface area contributed by atoms with Gasteiger partial charge in [0, 0.05) is 5.02 Å². The van der Waals surface area contributed by atoms with Crippen LogP contribution in [0.5, 0.6) is 0 Å². The molecule has 2 rings (SSSR count). The Hall–Kier alpha value is -1.55. The van der Waals surface area contributed by atoms with E-state index in [0.717, 1.165) is 18.4 Å². The van der Waals surface area contributed by atoms with Gasteiger partial charge in [-0.05, 0) is 37.0 Å². The van der Waals surface area contributed by atoms with Crippen LogP contribution in [0.15, 0.2) is 24.3 Å². The summed E-state index contributed by atoms with van der Waals surface area (Å²) >= 11 is 5.85. The lowest BCUT2D eigenvalue weighted by molar-refractivity contribution is -0.142. The summed E-state index contributed by atoms with van der Waals surface area (Å²) in [4.78, 5) is 23.5. The van der Waals surface area contributed by atoms with Gasteiger partial charge in [0.2, 0.25) is 5.91 Å². The highest BCUT2D eigenvalue weighted by Crippen LogP contribution is 2.48. The average molecular weight is 296 g/mol. The predicted octanol–water partition coefficient (Wildman–Crippen LogP) is 2.74. The zero-order valence-electron chi connectivity index (χ0n) is 11.4. The van der Waals surface area contributed by atoms with Gasteiger partial charge in [0.05, 0.1) is 5.41 Å². The number of hydrogen-bond acceptors (Lipinski definition) is 2. The maximum Gasteiger partial charge on any atom is 0.326 e. The van der Waals surface area contributed by atoms with Gasteiger partial charge in [0.25, 0.3) is 0 Å². The summed E-state index contributed by atoms with van der Waals surface area (Å²) in [5.41, 5.74) is 0.339. The van der Waals surface area contributed by atoms with Crippen LogP contribution < -0.4 is 5.32 Å². The van der Waals surface area contributed by atoms with E-state index in [-0.39, 0.29) is 5.91 Å². The average Bonchev–Trinajstić information content (AvgIpc) is 3.20. The van der Waals surface area contributed by atoms with Crippen molar-refractivity contribution in [1.82, 2.24) is 5.32 Å². The van der Waals surface area contributed by atoms with E-state index in [9.17, 15) is 9.59 Å². The number of hydrogen-bond donors (Lipinski definition) is 2. The molecule has 1 atom stereocenters. The number of carboxylic acids is 1. The number of nitrogens with one attached hydrogen (secondary N) is 1. The molecular weight excluding hydrogens is 278 g/mol. The second kappa shape index (κ2) is 5.83. The molecule has 5 heteroatoms. The number of benzene rings is 1.